The van der Waals surface area contributed by atoms with Crippen LogP contribution in [0.2, 0.25) is 0 Å². The van der Waals surface area contributed by atoms with Gasteiger partial charge in [0.1, 0.15) is 17.2 Å². The van der Waals surface area contributed by atoms with Crippen molar-refractivity contribution in [3.8, 4) is 45.6 Å². The lowest BCUT2D eigenvalue weighted by atomic mass is 9.97. The lowest BCUT2D eigenvalue weighted by Crippen LogP contribution is -2.16. The standard InChI is InChI=1S/C51H34F6O5S/c52-50(53,54)36-26-30-42(31-27-36)63(41-24-14-5-15-25-41,43-32-28-37(29-33-43)51(55,56)57)62-49(58)44-34-45(59-38-18-8-2-9-19-38)47(60-39-20-10-3-11-21-39)48(61-40-22-12-4-13-23-40)46(44)35-16-6-1-7-17-35/h1-34H. The zero-order chi connectivity index (χ0) is 44.0. The van der Waals surface area contributed by atoms with E-state index in [1.807, 2.05) is 6.07 Å². The van der Waals surface area contributed by atoms with Gasteiger partial charge in [0.2, 0.25) is 5.75 Å². The molecule has 0 spiro atoms. The van der Waals surface area contributed by atoms with E-state index in [4.69, 9.17) is 18.4 Å². The minimum absolute atomic E-state index is 0.0204. The van der Waals surface area contributed by atoms with Gasteiger partial charge in [-0.3, -0.25) is 0 Å². The van der Waals surface area contributed by atoms with Gasteiger partial charge in [0.25, 0.3) is 0 Å². The van der Waals surface area contributed by atoms with Crippen molar-refractivity contribution in [1.82, 2.24) is 0 Å². The molecule has 0 aliphatic carbocycles. The second-order valence-electron chi connectivity index (χ2n) is 13.9. The van der Waals surface area contributed by atoms with Gasteiger partial charge in [-0.2, -0.15) is 26.3 Å². The Morgan fingerprint density at radius 2 is 0.778 bits per heavy atom. The second-order valence-corrected chi connectivity index (χ2v) is 16.5. The molecule has 0 aliphatic heterocycles. The van der Waals surface area contributed by atoms with Crippen LogP contribution in [0.1, 0.15) is 21.5 Å². The average molecular weight is 873 g/mol. The number of benzene rings is 8. The number of para-hydroxylation sites is 3. The highest BCUT2D eigenvalue weighted by atomic mass is 32.3. The summed E-state index contributed by atoms with van der Waals surface area (Å²) in [6.45, 7) is 0. The fourth-order valence-corrected chi connectivity index (χ4v) is 9.76. The van der Waals surface area contributed by atoms with E-state index in [9.17, 15) is 26.3 Å². The largest absolute Gasteiger partial charge is 0.453 e. The third-order valence-electron chi connectivity index (χ3n) is 9.68. The van der Waals surface area contributed by atoms with Gasteiger partial charge in [-0.05, 0) is 113 Å². The van der Waals surface area contributed by atoms with E-state index in [1.54, 1.807) is 146 Å². The van der Waals surface area contributed by atoms with E-state index in [0.717, 1.165) is 24.3 Å². The maximum absolute atomic E-state index is 15.6. The minimum atomic E-state index is -4.72. The predicted molar refractivity (Wildman–Crippen MR) is 229 cm³/mol. The summed E-state index contributed by atoms with van der Waals surface area (Å²) >= 11 is 0. The molecule has 5 nitrogen and oxygen atoms in total. The zero-order valence-electron chi connectivity index (χ0n) is 32.8. The smallest absolute Gasteiger partial charge is 0.416 e. The maximum atomic E-state index is 15.6. The lowest BCUT2D eigenvalue weighted by molar-refractivity contribution is -0.138. The number of ether oxygens (including phenoxy) is 3. The first kappa shape index (κ1) is 42.3. The zero-order valence-corrected chi connectivity index (χ0v) is 33.7. The Morgan fingerprint density at radius 3 is 1.21 bits per heavy atom. The third kappa shape index (κ3) is 9.26. The van der Waals surface area contributed by atoms with Crippen LogP contribution >= 0.6 is 10.3 Å². The van der Waals surface area contributed by atoms with E-state index in [0.29, 0.717) is 27.7 Å². The van der Waals surface area contributed by atoms with Crippen LogP contribution in [0.5, 0.6) is 34.5 Å². The molecule has 63 heavy (non-hydrogen) atoms. The van der Waals surface area contributed by atoms with Gasteiger partial charge in [-0.15, -0.1) is 0 Å². The first-order valence-corrected chi connectivity index (χ1v) is 20.9. The van der Waals surface area contributed by atoms with Crippen LogP contribution in [0.15, 0.2) is 221 Å². The SMILES string of the molecule is O=C(OS(c1ccccc1)(c1ccc(C(F)(F)F)cc1)c1ccc(C(F)(F)F)cc1)c1cc(Oc2ccccc2)c(Oc2ccccc2)c(Oc2ccccc2)c1-c1ccccc1. The Morgan fingerprint density at radius 1 is 0.413 bits per heavy atom. The van der Waals surface area contributed by atoms with E-state index in [1.165, 1.54) is 30.3 Å². The van der Waals surface area contributed by atoms with E-state index >= 15 is 4.79 Å². The number of halogens is 6. The molecular formula is C51H34F6O5S. The topological polar surface area (TPSA) is 54.0 Å². The summed E-state index contributed by atoms with van der Waals surface area (Å²) in [5.74, 6) is 0.271. The third-order valence-corrected chi connectivity index (χ3v) is 12.9. The highest BCUT2D eigenvalue weighted by Crippen LogP contribution is 2.70. The number of rotatable bonds is 12. The van der Waals surface area contributed by atoms with Gasteiger partial charge in [-0.1, -0.05) is 103 Å². The monoisotopic (exact) mass is 872 g/mol. The van der Waals surface area contributed by atoms with Crippen LogP contribution in [0.3, 0.4) is 0 Å². The number of carbonyl (C=O) groups is 1. The summed E-state index contributed by atoms with van der Waals surface area (Å²) < 4.78 is 111. The highest BCUT2D eigenvalue weighted by molar-refractivity contribution is 8.30. The van der Waals surface area contributed by atoms with Gasteiger partial charge < -0.3 is 18.4 Å². The summed E-state index contributed by atoms with van der Waals surface area (Å²) in [6, 6.07) is 52.8. The highest BCUT2D eigenvalue weighted by Gasteiger charge is 2.40. The van der Waals surface area contributed by atoms with Crippen LogP contribution in [0.25, 0.3) is 11.1 Å². The van der Waals surface area contributed by atoms with Crippen molar-refractivity contribution in [2.24, 2.45) is 0 Å². The molecule has 8 rings (SSSR count). The number of carbonyl (C=O) groups excluding carboxylic acids is 1. The second kappa shape index (κ2) is 17.9. The fraction of sp³-hybridized carbons (Fsp3) is 0.0392. The molecule has 8 aromatic rings. The van der Waals surface area contributed by atoms with Gasteiger partial charge >= 0.3 is 18.3 Å². The first-order valence-electron chi connectivity index (χ1n) is 19.3. The van der Waals surface area contributed by atoms with Crippen LogP contribution in [-0.4, -0.2) is 5.97 Å². The molecule has 0 aliphatic rings. The van der Waals surface area contributed by atoms with Crippen LogP contribution in [0.4, 0.5) is 26.3 Å². The molecule has 0 saturated heterocycles. The summed E-state index contributed by atoms with van der Waals surface area (Å²) in [4.78, 5) is 16.1. The number of hydrogen-bond acceptors (Lipinski definition) is 5. The molecule has 0 heterocycles. The maximum Gasteiger partial charge on any atom is 0.416 e. The fourth-order valence-electron chi connectivity index (χ4n) is 6.76. The minimum Gasteiger partial charge on any atom is -0.453 e. The van der Waals surface area contributed by atoms with Crippen molar-refractivity contribution in [1.29, 1.82) is 0 Å². The van der Waals surface area contributed by atoms with Gasteiger partial charge in [-0.25, -0.2) is 4.79 Å². The van der Waals surface area contributed by atoms with Gasteiger partial charge in [0.15, 0.2) is 11.5 Å². The number of alkyl halides is 6. The average Bonchev–Trinajstić information content (AvgIpc) is 3.30. The molecule has 0 N–H and O–H groups in total. The van der Waals surface area contributed by atoms with Crippen molar-refractivity contribution >= 4 is 16.3 Å². The molecule has 0 aromatic heterocycles. The molecule has 8 aromatic carbocycles. The summed E-state index contributed by atoms with van der Waals surface area (Å²) in [5, 5.41) is 0. The van der Waals surface area contributed by atoms with Crippen LogP contribution < -0.4 is 14.2 Å². The van der Waals surface area contributed by atoms with Crippen molar-refractivity contribution < 1.29 is 49.5 Å². The van der Waals surface area contributed by atoms with Crippen molar-refractivity contribution in [3.05, 3.63) is 223 Å². The van der Waals surface area contributed by atoms with Crippen molar-refractivity contribution in [2.45, 2.75) is 27.0 Å². The quantitative estimate of drug-likeness (QED) is 0.114. The molecule has 316 valence electrons. The predicted octanol–water partition coefficient (Wildman–Crippen LogP) is 15.8. The van der Waals surface area contributed by atoms with Crippen LogP contribution in [-0.2, 0) is 16.5 Å². The molecule has 0 radical (unpaired) electrons. The van der Waals surface area contributed by atoms with E-state index in [2.05, 4.69) is 0 Å². The van der Waals surface area contributed by atoms with Gasteiger partial charge in [0, 0.05) is 26.3 Å². The Balaban J connectivity index is 1.42. The number of hydrogen-bond donors (Lipinski definition) is 0. The summed E-state index contributed by atoms with van der Waals surface area (Å²) in [7, 11) is -3.50. The van der Waals surface area contributed by atoms with Crippen LogP contribution in [0, 0.1) is 0 Å². The molecule has 0 unspecified atom stereocenters. The molecule has 0 fully saturated rings. The Labute approximate surface area is 360 Å². The van der Waals surface area contributed by atoms with Gasteiger partial charge in [0.05, 0.1) is 16.7 Å². The van der Waals surface area contributed by atoms with Crippen molar-refractivity contribution in [2.75, 3.05) is 0 Å². The van der Waals surface area contributed by atoms with E-state index in [-0.39, 0.29) is 38.2 Å². The molecule has 12 heteroatoms. The molecular weight excluding hydrogens is 839 g/mol. The normalized spacial score (nSPS) is 12.0. The molecule has 0 bridgehead atoms. The summed E-state index contributed by atoms with van der Waals surface area (Å²) in [6.07, 6.45) is -9.43. The van der Waals surface area contributed by atoms with Crippen molar-refractivity contribution in [3.63, 3.8) is 0 Å². The molecule has 0 atom stereocenters. The Hall–Kier alpha value is -7.44. The molecule has 0 saturated carbocycles. The first-order chi connectivity index (χ1) is 30.4. The Kier molecular flexibility index (Phi) is 12.0. The molecule has 0 amide bonds. The van der Waals surface area contributed by atoms with E-state index < -0.39 is 39.8 Å². The summed E-state index contributed by atoms with van der Waals surface area (Å²) in [5.41, 5.74) is -1.40. The Bertz CT molecular complexity index is 2730. The lowest BCUT2D eigenvalue weighted by Gasteiger charge is -2.40.